The van der Waals surface area contributed by atoms with Crippen LogP contribution in [0.5, 0.6) is 0 Å². The van der Waals surface area contributed by atoms with Gasteiger partial charge in [0.05, 0.1) is 12.1 Å². The van der Waals surface area contributed by atoms with Crippen molar-refractivity contribution in [3.8, 4) is 0 Å². The molecule has 0 aliphatic carbocycles. The quantitative estimate of drug-likeness (QED) is 0.880. The normalized spacial score (nSPS) is 25.2. The summed E-state index contributed by atoms with van der Waals surface area (Å²) in [7, 11) is 1.75. The number of carbonyl (C=O) groups excluding carboxylic acids is 2. The molecule has 2 saturated heterocycles. The number of amides is 2. The minimum absolute atomic E-state index is 0.260. The van der Waals surface area contributed by atoms with Gasteiger partial charge in [0.2, 0.25) is 0 Å². The summed E-state index contributed by atoms with van der Waals surface area (Å²) in [6.45, 7) is 2.06. The van der Waals surface area contributed by atoms with E-state index in [-0.39, 0.29) is 6.09 Å². The number of aromatic nitrogens is 1. The largest absolute Gasteiger partial charge is 0.441 e. The van der Waals surface area contributed by atoms with E-state index in [1.165, 1.54) is 0 Å². The topological polar surface area (TPSA) is 88.8 Å². The Bertz CT molecular complexity index is 606. The minimum atomic E-state index is -0.478. The summed E-state index contributed by atoms with van der Waals surface area (Å²) in [5.41, 5.74) is 5.45. The van der Waals surface area contributed by atoms with Crippen LogP contribution in [0.25, 0.3) is 0 Å². The maximum atomic E-state index is 11.7. The lowest BCUT2D eigenvalue weighted by atomic mass is 9.95. The van der Waals surface area contributed by atoms with Gasteiger partial charge in [-0.1, -0.05) is 0 Å². The maximum absolute atomic E-state index is 11.7. The number of hydrogen-bond donors (Lipinski definition) is 1. The Morgan fingerprint density at radius 2 is 2.23 bits per heavy atom. The van der Waals surface area contributed by atoms with Gasteiger partial charge in [-0.3, -0.25) is 4.79 Å². The molecule has 1 aromatic rings. The Morgan fingerprint density at radius 1 is 1.41 bits per heavy atom. The monoisotopic (exact) mass is 304 g/mol. The van der Waals surface area contributed by atoms with Gasteiger partial charge in [0, 0.05) is 32.8 Å². The van der Waals surface area contributed by atoms with Crippen molar-refractivity contribution in [2.45, 2.75) is 24.9 Å². The molecule has 2 amide bonds. The van der Waals surface area contributed by atoms with Crippen LogP contribution in [0.2, 0.25) is 0 Å². The molecule has 7 heteroatoms. The molecule has 0 saturated carbocycles. The number of anilines is 1. The van der Waals surface area contributed by atoms with E-state index in [9.17, 15) is 9.59 Å². The fraction of sp³-hybridized carbons (Fsp3) is 0.533. The smallest absolute Gasteiger partial charge is 0.410 e. The second-order valence-electron chi connectivity index (χ2n) is 5.99. The van der Waals surface area contributed by atoms with Crippen molar-refractivity contribution in [2.75, 3.05) is 31.6 Å². The van der Waals surface area contributed by atoms with E-state index < -0.39 is 11.5 Å². The van der Waals surface area contributed by atoms with Gasteiger partial charge in [-0.15, -0.1) is 0 Å². The lowest BCUT2D eigenvalue weighted by Crippen LogP contribution is -2.35. The first kappa shape index (κ1) is 14.6. The van der Waals surface area contributed by atoms with Crippen LogP contribution in [0.15, 0.2) is 18.3 Å². The zero-order valence-electron chi connectivity index (χ0n) is 12.6. The standard InChI is InChI=1S/C15H20N4O3/c1-18-10-15(22-14(18)21)5-3-8-19(9-6-15)13-11(12(16)20)4-2-7-17-13/h2,4,7H,3,5-6,8-10H2,1H3,(H2,16,20). The van der Waals surface area contributed by atoms with Gasteiger partial charge in [-0.05, 0) is 25.0 Å². The molecule has 0 aromatic carbocycles. The predicted molar refractivity (Wildman–Crippen MR) is 80.7 cm³/mol. The second-order valence-corrected chi connectivity index (χ2v) is 5.99. The molecule has 2 aliphatic rings. The van der Waals surface area contributed by atoms with Gasteiger partial charge < -0.3 is 20.3 Å². The lowest BCUT2D eigenvalue weighted by molar-refractivity contribution is 0.0473. The number of likely N-dealkylation sites (N-methyl/N-ethyl adjacent to an activating group) is 1. The highest BCUT2D eigenvalue weighted by molar-refractivity contribution is 5.97. The van der Waals surface area contributed by atoms with E-state index in [1.807, 2.05) is 0 Å². The van der Waals surface area contributed by atoms with Crippen molar-refractivity contribution in [3.05, 3.63) is 23.9 Å². The molecule has 1 atom stereocenters. The summed E-state index contributed by atoms with van der Waals surface area (Å²) >= 11 is 0. The van der Waals surface area contributed by atoms with E-state index >= 15 is 0 Å². The molecule has 3 heterocycles. The summed E-state index contributed by atoms with van der Waals surface area (Å²) in [6, 6.07) is 3.39. The zero-order valence-corrected chi connectivity index (χ0v) is 12.6. The third-order valence-electron chi connectivity index (χ3n) is 4.39. The first-order chi connectivity index (χ1) is 10.5. The van der Waals surface area contributed by atoms with Crippen molar-refractivity contribution in [1.29, 1.82) is 0 Å². The Morgan fingerprint density at radius 3 is 2.91 bits per heavy atom. The molecule has 1 aromatic heterocycles. The van der Waals surface area contributed by atoms with Gasteiger partial charge in [-0.2, -0.15) is 0 Å². The SMILES string of the molecule is CN1CC2(CCCN(c3ncccc3C(N)=O)CC2)OC1=O. The summed E-state index contributed by atoms with van der Waals surface area (Å²) in [5, 5.41) is 0. The molecular weight excluding hydrogens is 284 g/mol. The highest BCUT2D eigenvalue weighted by Crippen LogP contribution is 2.33. The molecule has 1 unspecified atom stereocenters. The van der Waals surface area contributed by atoms with E-state index in [0.29, 0.717) is 24.5 Å². The Kier molecular flexibility index (Phi) is 3.64. The molecule has 118 valence electrons. The third kappa shape index (κ3) is 2.58. The molecule has 2 fully saturated rings. The van der Waals surface area contributed by atoms with Gasteiger partial charge in [0.1, 0.15) is 11.4 Å². The number of hydrogen-bond acceptors (Lipinski definition) is 5. The summed E-state index contributed by atoms with van der Waals surface area (Å²) < 4.78 is 5.59. The molecule has 22 heavy (non-hydrogen) atoms. The predicted octanol–water partition coefficient (Wildman–Crippen LogP) is 0.992. The molecule has 1 spiro atoms. The van der Waals surface area contributed by atoms with Gasteiger partial charge in [-0.25, -0.2) is 9.78 Å². The van der Waals surface area contributed by atoms with Crippen LogP contribution in [0.3, 0.4) is 0 Å². The fourth-order valence-corrected chi connectivity index (χ4v) is 3.27. The second kappa shape index (κ2) is 5.47. The number of carbonyl (C=O) groups is 2. The number of primary amides is 1. The van der Waals surface area contributed by atoms with Crippen molar-refractivity contribution >= 4 is 17.8 Å². The average molecular weight is 304 g/mol. The first-order valence-corrected chi connectivity index (χ1v) is 7.45. The Hall–Kier alpha value is -2.31. The number of rotatable bonds is 2. The number of pyridine rings is 1. The van der Waals surface area contributed by atoms with Gasteiger partial charge in [0.15, 0.2) is 0 Å². The molecule has 2 aliphatic heterocycles. The van der Waals surface area contributed by atoms with Crippen molar-refractivity contribution in [3.63, 3.8) is 0 Å². The Labute approximate surface area is 129 Å². The highest BCUT2D eigenvalue weighted by Gasteiger charge is 2.44. The van der Waals surface area contributed by atoms with E-state index in [0.717, 1.165) is 25.8 Å². The lowest BCUT2D eigenvalue weighted by Gasteiger charge is -2.26. The summed E-state index contributed by atoms with van der Waals surface area (Å²) in [6.07, 6.45) is 3.81. The molecule has 7 nitrogen and oxygen atoms in total. The van der Waals surface area contributed by atoms with Crippen LogP contribution >= 0.6 is 0 Å². The van der Waals surface area contributed by atoms with Crippen molar-refractivity contribution in [1.82, 2.24) is 9.88 Å². The van der Waals surface area contributed by atoms with E-state index in [2.05, 4.69) is 9.88 Å². The fourth-order valence-electron chi connectivity index (χ4n) is 3.27. The number of ether oxygens (including phenoxy) is 1. The van der Waals surface area contributed by atoms with E-state index in [4.69, 9.17) is 10.5 Å². The Balaban J connectivity index is 1.79. The van der Waals surface area contributed by atoms with Gasteiger partial charge >= 0.3 is 6.09 Å². The molecular formula is C15H20N4O3. The van der Waals surface area contributed by atoms with Crippen LogP contribution in [0.1, 0.15) is 29.6 Å². The average Bonchev–Trinajstić information content (AvgIpc) is 2.66. The maximum Gasteiger partial charge on any atom is 0.410 e. The van der Waals surface area contributed by atoms with Crippen LogP contribution < -0.4 is 10.6 Å². The van der Waals surface area contributed by atoms with Crippen molar-refractivity contribution in [2.24, 2.45) is 5.73 Å². The van der Waals surface area contributed by atoms with Gasteiger partial charge in [0.25, 0.3) is 5.91 Å². The summed E-state index contributed by atoms with van der Waals surface area (Å²) in [5.74, 6) is 0.138. The minimum Gasteiger partial charge on any atom is -0.441 e. The molecule has 2 N–H and O–H groups in total. The number of nitrogens with zero attached hydrogens (tertiary/aromatic N) is 3. The molecule has 0 bridgehead atoms. The van der Waals surface area contributed by atoms with Crippen molar-refractivity contribution < 1.29 is 14.3 Å². The van der Waals surface area contributed by atoms with E-state index in [1.54, 1.807) is 30.3 Å². The zero-order chi connectivity index (χ0) is 15.7. The van der Waals surface area contributed by atoms with Crippen LogP contribution in [-0.4, -0.2) is 54.2 Å². The molecule has 3 rings (SSSR count). The van der Waals surface area contributed by atoms with Crippen LogP contribution in [-0.2, 0) is 4.74 Å². The highest BCUT2D eigenvalue weighted by atomic mass is 16.6. The number of nitrogens with two attached hydrogens (primary N) is 1. The van der Waals surface area contributed by atoms with Crippen LogP contribution in [0.4, 0.5) is 10.6 Å². The first-order valence-electron chi connectivity index (χ1n) is 7.45. The summed E-state index contributed by atoms with van der Waals surface area (Å²) in [4.78, 5) is 31.2. The molecule has 0 radical (unpaired) electrons. The van der Waals surface area contributed by atoms with Crippen LogP contribution in [0, 0.1) is 0 Å². The third-order valence-corrected chi connectivity index (χ3v) is 4.39.